The topological polar surface area (TPSA) is 106 Å². The van der Waals surface area contributed by atoms with Crippen molar-refractivity contribution < 1.29 is 13.2 Å². The fourth-order valence-electron chi connectivity index (χ4n) is 2.14. The zero-order chi connectivity index (χ0) is 18.6. The van der Waals surface area contributed by atoms with Gasteiger partial charge in [-0.05, 0) is 42.5 Å². The van der Waals surface area contributed by atoms with Crippen molar-refractivity contribution in [3.8, 4) is 0 Å². The maximum absolute atomic E-state index is 12.5. The average Bonchev–Trinajstić information content (AvgIpc) is 3.10. The quantitative estimate of drug-likeness (QED) is 0.671. The second-order valence-electron chi connectivity index (χ2n) is 5.28. The van der Waals surface area contributed by atoms with Gasteiger partial charge in [0.2, 0.25) is 5.91 Å². The lowest BCUT2D eigenvalue weighted by Crippen LogP contribution is -2.19. The van der Waals surface area contributed by atoms with Gasteiger partial charge in [0.15, 0.2) is 0 Å². The third kappa shape index (κ3) is 4.58. The highest BCUT2D eigenvalue weighted by Gasteiger charge is 2.15. The van der Waals surface area contributed by atoms with Crippen LogP contribution in [-0.4, -0.2) is 29.1 Å². The summed E-state index contributed by atoms with van der Waals surface area (Å²) >= 11 is 5.79. The van der Waals surface area contributed by atoms with Crippen molar-refractivity contribution in [2.75, 3.05) is 10.0 Å². The SMILES string of the molecule is O=C(Cn1cncn1)Nc1cccc(S(=O)(=O)Nc2ccc(Cl)cc2)c1. The number of nitrogens with zero attached hydrogens (tertiary/aromatic N) is 3. The molecule has 2 aromatic carbocycles. The standard InChI is InChI=1S/C16H14ClN5O3S/c17-12-4-6-13(7-5-12)21-26(24,25)15-3-1-2-14(8-15)20-16(23)9-22-11-18-10-19-22/h1-8,10-11,21H,9H2,(H,20,23). The van der Waals surface area contributed by atoms with Crippen LogP contribution in [0.25, 0.3) is 0 Å². The number of benzene rings is 2. The van der Waals surface area contributed by atoms with Crippen molar-refractivity contribution >= 4 is 38.9 Å². The summed E-state index contributed by atoms with van der Waals surface area (Å²) in [6.07, 6.45) is 2.74. The highest BCUT2D eigenvalue weighted by Crippen LogP contribution is 2.20. The number of rotatable bonds is 6. The minimum Gasteiger partial charge on any atom is -0.324 e. The van der Waals surface area contributed by atoms with E-state index >= 15 is 0 Å². The van der Waals surface area contributed by atoms with Gasteiger partial charge in [0.25, 0.3) is 10.0 Å². The molecular formula is C16H14ClN5O3S. The van der Waals surface area contributed by atoms with Crippen molar-refractivity contribution in [2.24, 2.45) is 0 Å². The van der Waals surface area contributed by atoms with E-state index in [-0.39, 0.29) is 17.3 Å². The Morgan fingerprint density at radius 3 is 2.58 bits per heavy atom. The summed E-state index contributed by atoms with van der Waals surface area (Å²) in [7, 11) is -3.81. The number of carbonyl (C=O) groups is 1. The molecule has 10 heteroatoms. The predicted octanol–water partition coefficient (Wildman–Crippen LogP) is 2.37. The van der Waals surface area contributed by atoms with Gasteiger partial charge in [-0.1, -0.05) is 17.7 Å². The van der Waals surface area contributed by atoms with E-state index in [1.165, 1.54) is 29.5 Å². The number of halogens is 1. The normalized spacial score (nSPS) is 11.1. The largest absolute Gasteiger partial charge is 0.324 e. The van der Waals surface area contributed by atoms with Gasteiger partial charge in [0.05, 0.1) is 4.90 Å². The first-order valence-corrected chi connectivity index (χ1v) is 9.29. The number of amides is 1. The molecule has 1 heterocycles. The molecule has 0 aliphatic carbocycles. The molecule has 0 atom stereocenters. The van der Waals surface area contributed by atoms with E-state index in [9.17, 15) is 13.2 Å². The summed E-state index contributed by atoms with van der Waals surface area (Å²) in [5, 5.41) is 6.97. The second-order valence-corrected chi connectivity index (χ2v) is 7.40. The molecule has 8 nitrogen and oxygen atoms in total. The van der Waals surface area contributed by atoms with Crippen LogP contribution in [0.2, 0.25) is 5.02 Å². The molecule has 1 amide bonds. The smallest absolute Gasteiger partial charge is 0.261 e. The van der Waals surface area contributed by atoms with Crippen molar-refractivity contribution in [1.82, 2.24) is 14.8 Å². The van der Waals surface area contributed by atoms with Gasteiger partial charge in [-0.2, -0.15) is 5.10 Å². The molecule has 0 aliphatic heterocycles. The van der Waals surface area contributed by atoms with E-state index in [4.69, 9.17) is 11.6 Å². The summed E-state index contributed by atoms with van der Waals surface area (Å²) in [5.41, 5.74) is 0.740. The van der Waals surface area contributed by atoms with Gasteiger partial charge in [-0.25, -0.2) is 18.1 Å². The fraction of sp³-hybridized carbons (Fsp3) is 0.0625. The minimum absolute atomic E-state index is 0.0194. The monoisotopic (exact) mass is 391 g/mol. The highest BCUT2D eigenvalue weighted by molar-refractivity contribution is 7.92. The van der Waals surface area contributed by atoms with Crippen LogP contribution in [0.1, 0.15) is 0 Å². The van der Waals surface area contributed by atoms with Crippen molar-refractivity contribution in [2.45, 2.75) is 11.4 Å². The summed E-state index contributed by atoms with van der Waals surface area (Å²) in [6, 6.07) is 12.2. The van der Waals surface area contributed by atoms with Crippen LogP contribution in [0, 0.1) is 0 Å². The summed E-state index contributed by atoms with van der Waals surface area (Å²) in [6.45, 7) is -0.0278. The van der Waals surface area contributed by atoms with Crippen LogP contribution < -0.4 is 10.0 Å². The molecule has 0 saturated heterocycles. The molecule has 0 aliphatic rings. The van der Waals surface area contributed by atoms with Gasteiger partial charge in [-0.3, -0.25) is 9.52 Å². The Hall–Kier alpha value is -2.91. The molecule has 0 radical (unpaired) electrons. The molecule has 0 unspecified atom stereocenters. The third-order valence-electron chi connectivity index (χ3n) is 3.30. The van der Waals surface area contributed by atoms with Crippen LogP contribution in [-0.2, 0) is 21.4 Å². The van der Waals surface area contributed by atoms with Gasteiger partial charge in [0, 0.05) is 16.4 Å². The van der Waals surface area contributed by atoms with Crippen molar-refractivity contribution in [1.29, 1.82) is 0 Å². The Morgan fingerprint density at radius 2 is 1.88 bits per heavy atom. The van der Waals surface area contributed by atoms with E-state index in [1.54, 1.807) is 36.4 Å². The zero-order valence-electron chi connectivity index (χ0n) is 13.3. The Kier molecular flexibility index (Phi) is 5.19. The van der Waals surface area contributed by atoms with Gasteiger partial charge >= 0.3 is 0 Å². The number of sulfonamides is 1. The molecule has 2 N–H and O–H groups in total. The maximum Gasteiger partial charge on any atom is 0.261 e. The zero-order valence-corrected chi connectivity index (χ0v) is 14.9. The molecule has 0 bridgehead atoms. The number of carbonyl (C=O) groups excluding carboxylic acids is 1. The van der Waals surface area contributed by atoms with Crippen LogP contribution in [0.3, 0.4) is 0 Å². The maximum atomic E-state index is 12.5. The Labute approximate surface area is 154 Å². The number of nitrogens with one attached hydrogen (secondary N) is 2. The first-order chi connectivity index (χ1) is 12.4. The molecule has 134 valence electrons. The van der Waals surface area contributed by atoms with Crippen LogP contribution in [0.5, 0.6) is 0 Å². The fourth-order valence-corrected chi connectivity index (χ4v) is 3.37. The average molecular weight is 392 g/mol. The molecule has 3 aromatic rings. The Balaban J connectivity index is 1.73. The van der Waals surface area contributed by atoms with E-state index in [0.29, 0.717) is 16.4 Å². The van der Waals surface area contributed by atoms with Gasteiger partial charge in [-0.15, -0.1) is 0 Å². The highest BCUT2D eigenvalue weighted by atomic mass is 35.5. The molecule has 0 fully saturated rings. The van der Waals surface area contributed by atoms with E-state index in [0.717, 1.165) is 0 Å². The number of anilines is 2. The molecule has 0 spiro atoms. The van der Waals surface area contributed by atoms with Crippen LogP contribution >= 0.6 is 11.6 Å². The molecule has 26 heavy (non-hydrogen) atoms. The molecule has 0 saturated carbocycles. The lowest BCUT2D eigenvalue weighted by Gasteiger charge is -2.10. The number of aromatic nitrogens is 3. The number of hydrogen-bond donors (Lipinski definition) is 2. The predicted molar refractivity (Wildman–Crippen MR) is 97.4 cm³/mol. The van der Waals surface area contributed by atoms with Crippen LogP contribution in [0.4, 0.5) is 11.4 Å². The van der Waals surface area contributed by atoms with E-state index in [2.05, 4.69) is 20.1 Å². The van der Waals surface area contributed by atoms with E-state index in [1.807, 2.05) is 0 Å². The third-order valence-corrected chi connectivity index (χ3v) is 4.93. The first kappa shape index (κ1) is 17.9. The summed E-state index contributed by atoms with van der Waals surface area (Å²) in [5.74, 6) is -0.351. The molecule has 1 aromatic heterocycles. The van der Waals surface area contributed by atoms with Crippen molar-refractivity contribution in [3.63, 3.8) is 0 Å². The van der Waals surface area contributed by atoms with Crippen LogP contribution in [0.15, 0.2) is 66.1 Å². The summed E-state index contributed by atoms with van der Waals surface area (Å²) in [4.78, 5) is 15.8. The Bertz CT molecular complexity index is 1000. The molecular weight excluding hydrogens is 378 g/mol. The lowest BCUT2D eigenvalue weighted by molar-refractivity contribution is -0.116. The molecule has 3 rings (SSSR count). The summed E-state index contributed by atoms with van der Waals surface area (Å²) < 4.78 is 28.8. The Morgan fingerprint density at radius 1 is 1.12 bits per heavy atom. The van der Waals surface area contributed by atoms with Gasteiger partial charge < -0.3 is 5.32 Å². The lowest BCUT2D eigenvalue weighted by atomic mass is 10.3. The minimum atomic E-state index is -3.81. The van der Waals surface area contributed by atoms with E-state index < -0.39 is 10.0 Å². The van der Waals surface area contributed by atoms with Gasteiger partial charge in [0.1, 0.15) is 19.2 Å². The second kappa shape index (κ2) is 7.54. The first-order valence-electron chi connectivity index (χ1n) is 7.43. The van der Waals surface area contributed by atoms with Crippen molar-refractivity contribution in [3.05, 3.63) is 66.2 Å². The number of hydrogen-bond acceptors (Lipinski definition) is 5.